The molecule has 3 N–H and O–H groups in total. The molecule has 3 aromatic rings. The van der Waals surface area contributed by atoms with Gasteiger partial charge in [0.15, 0.2) is 0 Å². The molecule has 1 aliphatic carbocycles. The summed E-state index contributed by atoms with van der Waals surface area (Å²) >= 11 is 0. The quantitative estimate of drug-likeness (QED) is 0.448. The number of rotatable bonds is 7. The molecule has 0 spiro atoms. The fourth-order valence-corrected chi connectivity index (χ4v) is 4.89. The maximum Gasteiger partial charge on any atom is 0.253 e. The summed E-state index contributed by atoms with van der Waals surface area (Å²) in [5.41, 5.74) is 4.44. The van der Waals surface area contributed by atoms with E-state index in [0.717, 1.165) is 68.9 Å². The monoisotopic (exact) mass is 487 g/mol. The summed E-state index contributed by atoms with van der Waals surface area (Å²) in [7, 11) is 0. The average Bonchev–Trinajstić information content (AvgIpc) is 2.94. The third kappa shape index (κ3) is 6.01. The summed E-state index contributed by atoms with van der Waals surface area (Å²) in [5.74, 6) is 0.239. The summed E-state index contributed by atoms with van der Waals surface area (Å²) in [5, 5.41) is 16.5. The number of amides is 1. The van der Waals surface area contributed by atoms with E-state index in [2.05, 4.69) is 37.6 Å². The minimum Gasteiger partial charge on any atom is -0.383 e. The topological polar surface area (TPSA) is 99.6 Å². The molecule has 2 aliphatic rings. The standard InChI is InChI=1S/C28H33N5O3/c34-26(21-4-2-1-3-5-21)27(35)30-22-8-6-20(7-9-22)25-14-15-29-28(32-25)31-23-10-12-24(13-11-23)33-16-18-36-19-17-33/h6-15,21,26,34H,1-5,16-19H2,(H,30,35)(H,29,31,32)/t26-/m0/s1. The van der Waals surface area contributed by atoms with Crippen LogP contribution in [0.15, 0.2) is 60.8 Å². The normalized spacial score (nSPS) is 17.4. The average molecular weight is 488 g/mol. The van der Waals surface area contributed by atoms with Crippen molar-refractivity contribution in [3.63, 3.8) is 0 Å². The van der Waals surface area contributed by atoms with E-state index in [1.807, 2.05) is 42.5 Å². The highest BCUT2D eigenvalue weighted by molar-refractivity contribution is 5.94. The number of benzene rings is 2. The van der Waals surface area contributed by atoms with Gasteiger partial charge >= 0.3 is 0 Å². The first-order valence-corrected chi connectivity index (χ1v) is 12.8. The first-order chi connectivity index (χ1) is 17.7. The number of carbonyl (C=O) groups excluding carboxylic acids is 1. The van der Waals surface area contributed by atoms with Gasteiger partial charge in [-0.25, -0.2) is 9.97 Å². The second-order valence-corrected chi connectivity index (χ2v) is 9.45. The van der Waals surface area contributed by atoms with E-state index < -0.39 is 6.10 Å². The maximum atomic E-state index is 12.5. The Morgan fingerprint density at radius 3 is 2.36 bits per heavy atom. The molecule has 1 aromatic heterocycles. The minimum absolute atomic E-state index is 0.0561. The van der Waals surface area contributed by atoms with Gasteiger partial charge in [-0.3, -0.25) is 4.79 Å². The van der Waals surface area contributed by atoms with Crippen LogP contribution >= 0.6 is 0 Å². The Kier molecular flexibility index (Phi) is 7.73. The van der Waals surface area contributed by atoms with Gasteiger partial charge in [-0.1, -0.05) is 31.4 Å². The molecule has 0 radical (unpaired) electrons. The maximum absolute atomic E-state index is 12.5. The number of morpholine rings is 1. The van der Waals surface area contributed by atoms with E-state index in [-0.39, 0.29) is 11.8 Å². The van der Waals surface area contributed by atoms with Crippen LogP contribution in [0.1, 0.15) is 32.1 Å². The Labute approximate surface area is 211 Å². The fourth-order valence-electron chi connectivity index (χ4n) is 4.89. The number of aliphatic hydroxyl groups is 1. The lowest BCUT2D eigenvalue weighted by Crippen LogP contribution is -2.36. The minimum atomic E-state index is -0.955. The SMILES string of the molecule is O=C(Nc1ccc(-c2ccnc(Nc3ccc(N4CCOCC4)cc3)n2)cc1)[C@@H](O)C1CCCCC1. The smallest absolute Gasteiger partial charge is 0.253 e. The van der Waals surface area contributed by atoms with Crippen molar-refractivity contribution in [1.82, 2.24) is 9.97 Å². The zero-order valence-electron chi connectivity index (χ0n) is 20.4. The molecule has 2 aromatic carbocycles. The Morgan fingerprint density at radius 1 is 0.944 bits per heavy atom. The summed E-state index contributed by atoms with van der Waals surface area (Å²) in [6.07, 6.45) is 5.95. The van der Waals surface area contributed by atoms with Crippen LogP contribution in [0, 0.1) is 5.92 Å². The fraction of sp³-hybridized carbons (Fsp3) is 0.393. The molecule has 8 nitrogen and oxygen atoms in total. The molecule has 5 rings (SSSR count). The van der Waals surface area contributed by atoms with Gasteiger partial charge < -0.3 is 25.4 Å². The number of nitrogens with zero attached hydrogens (tertiary/aromatic N) is 3. The Hall–Kier alpha value is -3.49. The van der Waals surface area contributed by atoms with Crippen LogP contribution in [0.5, 0.6) is 0 Å². The van der Waals surface area contributed by atoms with Gasteiger partial charge in [0.1, 0.15) is 6.10 Å². The van der Waals surface area contributed by atoms with Crippen molar-refractivity contribution >= 4 is 28.9 Å². The lowest BCUT2D eigenvalue weighted by Gasteiger charge is -2.28. The van der Waals surface area contributed by atoms with E-state index in [4.69, 9.17) is 4.74 Å². The van der Waals surface area contributed by atoms with E-state index in [0.29, 0.717) is 11.6 Å². The molecule has 1 atom stereocenters. The molecule has 2 fully saturated rings. The van der Waals surface area contributed by atoms with Gasteiger partial charge in [0.2, 0.25) is 5.95 Å². The van der Waals surface area contributed by atoms with Crippen LogP contribution in [0.3, 0.4) is 0 Å². The van der Waals surface area contributed by atoms with Gasteiger partial charge in [0, 0.05) is 41.9 Å². The molecule has 0 bridgehead atoms. The summed E-state index contributed by atoms with van der Waals surface area (Å²) in [4.78, 5) is 23.8. The number of nitrogens with one attached hydrogen (secondary N) is 2. The van der Waals surface area contributed by atoms with Crippen molar-refractivity contribution < 1.29 is 14.6 Å². The molecule has 188 valence electrons. The molecule has 1 amide bonds. The Bertz CT molecular complexity index is 1140. The van der Waals surface area contributed by atoms with E-state index in [1.165, 1.54) is 12.1 Å². The van der Waals surface area contributed by atoms with Crippen molar-refractivity contribution in [2.75, 3.05) is 41.8 Å². The van der Waals surface area contributed by atoms with Crippen LogP contribution in [-0.4, -0.2) is 53.4 Å². The lowest BCUT2D eigenvalue weighted by atomic mass is 9.85. The highest BCUT2D eigenvalue weighted by Crippen LogP contribution is 2.28. The summed E-state index contributed by atoms with van der Waals surface area (Å²) in [6.45, 7) is 3.33. The molecule has 1 saturated heterocycles. The molecular weight excluding hydrogens is 454 g/mol. The lowest BCUT2D eigenvalue weighted by molar-refractivity contribution is -0.127. The van der Waals surface area contributed by atoms with Gasteiger partial charge in [0.25, 0.3) is 5.91 Å². The second-order valence-electron chi connectivity index (χ2n) is 9.45. The molecule has 0 unspecified atom stereocenters. The van der Waals surface area contributed by atoms with Gasteiger partial charge in [-0.15, -0.1) is 0 Å². The molecule has 1 aliphatic heterocycles. The van der Waals surface area contributed by atoms with Gasteiger partial charge in [0.05, 0.1) is 18.9 Å². The predicted octanol–water partition coefficient (Wildman–Crippen LogP) is 4.60. The largest absolute Gasteiger partial charge is 0.383 e. The first-order valence-electron chi connectivity index (χ1n) is 12.8. The van der Waals surface area contributed by atoms with Crippen molar-refractivity contribution in [2.45, 2.75) is 38.2 Å². The van der Waals surface area contributed by atoms with E-state index in [9.17, 15) is 9.90 Å². The highest BCUT2D eigenvalue weighted by atomic mass is 16.5. The van der Waals surface area contributed by atoms with Crippen LogP contribution in [0.25, 0.3) is 11.3 Å². The number of ether oxygens (including phenoxy) is 1. The third-order valence-corrected chi connectivity index (χ3v) is 6.97. The van der Waals surface area contributed by atoms with Gasteiger partial charge in [-0.2, -0.15) is 0 Å². The second kappa shape index (κ2) is 11.5. The van der Waals surface area contributed by atoms with Crippen molar-refractivity contribution in [1.29, 1.82) is 0 Å². The van der Waals surface area contributed by atoms with Crippen LogP contribution < -0.4 is 15.5 Å². The molecule has 1 saturated carbocycles. The highest BCUT2D eigenvalue weighted by Gasteiger charge is 2.27. The molecule has 8 heteroatoms. The number of hydrogen-bond acceptors (Lipinski definition) is 7. The van der Waals surface area contributed by atoms with Crippen molar-refractivity contribution in [3.05, 3.63) is 60.8 Å². The number of hydrogen-bond donors (Lipinski definition) is 3. The number of anilines is 4. The Balaban J connectivity index is 1.20. The first kappa shape index (κ1) is 24.2. The van der Waals surface area contributed by atoms with Crippen LogP contribution in [-0.2, 0) is 9.53 Å². The van der Waals surface area contributed by atoms with Crippen LogP contribution in [0.4, 0.5) is 23.0 Å². The van der Waals surface area contributed by atoms with Gasteiger partial charge in [-0.05, 0) is 61.2 Å². The summed E-state index contributed by atoms with van der Waals surface area (Å²) in [6, 6.07) is 17.6. The van der Waals surface area contributed by atoms with Crippen molar-refractivity contribution in [3.8, 4) is 11.3 Å². The molecule has 36 heavy (non-hydrogen) atoms. The summed E-state index contributed by atoms with van der Waals surface area (Å²) < 4.78 is 5.43. The number of carbonyl (C=O) groups is 1. The van der Waals surface area contributed by atoms with Crippen molar-refractivity contribution in [2.24, 2.45) is 5.92 Å². The Morgan fingerprint density at radius 2 is 1.64 bits per heavy atom. The third-order valence-electron chi connectivity index (χ3n) is 6.97. The zero-order valence-corrected chi connectivity index (χ0v) is 20.4. The van der Waals surface area contributed by atoms with E-state index >= 15 is 0 Å². The number of aromatic nitrogens is 2. The molecule has 2 heterocycles. The van der Waals surface area contributed by atoms with E-state index in [1.54, 1.807) is 6.20 Å². The molecular formula is C28H33N5O3. The van der Waals surface area contributed by atoms with Crippen LogP contribution in [0.2, 0.25) is 0 Å². The number of aliphatic hydroxyl groups excluding tert-OH is 1. The predicted molar refractivity (Wildman–Crippen MR) is 141 cm³/mol. The zero-order chi connectivity index (χ0) is 24.7.